The highest BCUT2D eigenvalue weighted by Gasteiger charge is 2.27. The SMILES string of the molecule is COc1ccc(OC2CNCC2O)cc1[N+](=O)[O-]. The van der Waals surface area contributed by atoms with Gasteiger partial charge in [0.05, 0.1) is 18.1 Å². The Balaban J connectivity index is 2.18. The number of benzene rings is 1. The van der Waals surface area contributed by atoms with E-state index in [1.807, 2.05) is 0 Å². The minimum Gasteiger partial charge on any atom is -0.490 e. The molecule has 1 saturated heterocycles. The molecule has 1 aliphatic heterocycles. The minimum atomic E-state index is -0.605. The Morgan fingerprint density at radius 2 is 2.28 bits per heavy atom. The van der Waals surface area contributed by atoms with Gasteiger partial charge in [-0.15, -0.1) is 0 Å². The lowest BCUT2D eigenvalue weighted by atomic mass is 10.2. The van der Waals surface area contributed by atoms with Gasteiger partial charge in [-0.3, -0.25) is 10.1 Å². The van der Waals surface area contributed by atoms with Gasteiger partial charge in [0.1, 0.15) is 18.0 Å². The first-order valence-corrected chi connectivity index (χ1v) is 5.49. The molecule has 0 aliphatic carbocycles. The fourth-order valence-corrected chi connectivity index (χ4v) is 1.82. The molecule has 1 heterocycles. The lowest BCUT2D eigenvalue weighted by Crippen LogP contribution is -2.29. The molecule has 2 rings (SSSR count). The van der Waals surface area contributed by atoms with E-state index in [1.54, 1.807) is 6.07 Å². The zero-order valence-corrected chi connectivity index (χ0v) is 9.83. The average molecular weight is 254 g/mol. The number of ether oxygens (including phenoxy) is 2. The van der Waals surface area contributed by atoms with Crippen molar-refractivity contribution in [1.29, 1.82) is 0 Å². The van der Waals surface area contributed by atoms with Crippen LogP contribution in [0.3, 0.4) is 0 Å². The maximum absolute atomic E-state index is 10.8. The van der Waals surface area contributed by atoms with Gasteiger partial charge in [-0.05, 0) is 12.1 Å². The number of nitro groups is 1. The fourth-order valence-electron chi connectivity index (χ4n) is 1.82. The monoisotopic (exact) mass is 254 g/mol. The Hall–Kier alpha value is -1.86. The number of rotatable bonds is 4. The van der Waals surface area contributed by atoms with Gasteiger partial charge in [-0.1, -0.05) is 0 Å². The molecule has 7 heteroatoms. The normalized spacial score (nSPS) is 22.8. The summed E-state index contributed by atoms with van der Waals surface area (Å²) in [6, 6.07) is 4.35. The van der Waals surface area contributed by atoms with Gasteiger partial charge < -0.3 is 19.9 Å². The highest BCUT2D eigenvalue weighted by atomic mass is 16.6. The van der Waals surface area contributed by atoms with Crippen LogP contribution in [0.5, 0.6) is 11.5 Å². The molecule has 98 valence electrons. The Morgan fingerprint density at radius 3 is 2.83 bits per heavy atom. The van der Waals surface area contributed by atoms with Gasteiger partial charge in [-0.25, -0.2) is 0 Å². The molecule has 0 spiro atoms. The van der Waals surface area contributed by atoms with Crippen LogP contribution in [0.15, 0.2) is 18.2 Å². The second-order valence-electron chi connectivity index (χ2n) is 3.97. The summed E-state index contributed by atoms with van der Waals surface area (Å²) in [5.74, 6) is 0.521. The lowest BCUT2D eigenvalue weighted by Gasteiger charge is -2.16. The van der Waals surface area contributed by atoms with Gasteiger partial charge in [-0.2, -0.15) is 0 Å². The summed E-state index contributed by atoms with van der Waals surface area (Å²) in [5, 5.41) is 23.4. The number of hydrogen-bond acceptors (Lipinski definition) is 6. The van der Waals surface area contributed by atoms with Crippen LogP contribution in [-0.4, -0.2) is 42.4 Å². The Bertz CT molecular complexity index is 451. The van der Waals surface area contributed by atoms with E-state index in [1.165, 1.54) is 19.2 Å². The first-order chi connectivity index (χ1) is 8.61. The summed E-state index contributed by atoms with van der Waals surface area (Å²) in [5.41, 5.74) is -0.157. The zero-order chi connectivity index (χ0) is 13.1. The Morgan fingerprint density at radius 1 is 1.50 bits per heavy atom. The molecule has 18 heavy (non-hydrogen) atoms. The summed E-state index contributed by atoms with van der Waals surface area (Å²) < 4.78 is 10.4. The Labute approximate surface area is 103 Å². The number of methoxy groups -OCH3 is 1. The maximum atomic E-state index is 10.8. The molecule has 0 radical (unpaired) electrons. The van der Waals surface area contributed by atoms with Gasteiger partial charge in [0.15, 0.2) is 5.75 Å². The van der Waals surface area contributed by atoms with Crippen molar-refractivity contribution >= 4 is 5.69 Å². The van der Waals surface area contributed by atoms with Crippen molar-refractivity contribution in [3.63, 3.8) is 0 Å². The number of aliphatic hydroxyl groups excluding tert-OH is 1. The van der Waals surface area contributed by atoms with E-state index in [4.69, 9.17) is 9.47 Å². The first-order valence-electron chi connectivity index (χ1n) is 5.49. The summed E-state index contributed by atoms with van der Waals surface area (Å²) in [6.07, 6.45) is -0.996. The standard InChI is InChI=1S/C11H14N2O5/c1-17-10-3-2-7(4-8(10)13(15)16)18-11-6-12-5-9(11)14/h2-4,9,11-12,14H,5-6H2,1H3. The summed E-state index contributed by atoms with van der Waals surface area (Å²) in [6.45, 7) is 0.976. The number of β-amino-alcohol motifs (C(OH)–C–C–N with tert-alkyl or cyclic N) is 1. The predicted molar refractivity (Wildman–Crippen MR) is 62.9 cm³/mol. The van der Waals surface area contributed by atoms with Crippen LogP contribution in [-0.2, 0) is 0 Å². The zero-order valence-electron chi connectivity index (χ0n) is 9.83. The van der Waals surface area contributed by atoms with Crippen LogP contribution in [0.2, 0.25) is 0 Å². The van der Waals surface area contributed by atoms with Crippen LogP contribution in [0.25, 0.3) is 0 Å². The molecule has 0 amide bonds. The number of hydrogen-bond donors (Lipinski definition) is 2. The third-order valence-corrected chi connectivity index (χ3v) is 2.76. The third-order valence-electron chi connectivity index (χ3n) is 2.76. The average Bonchev–Trinajstić information content (AvgIpc) is 2.75. The number of nitrogens with zero attached hydrogens (tertiary/aromatic N) is 1. The molecule has 2 unspecified atom stereocenters. The van der Waals surface area contributed by atoms with E-state index in [0.717, 1.165) is 0 Å². The highest BCUT2D eigenvalue weighted by molar-refractivity contribution is 5.50. The van der Waals surface area contributed by atoms with Gasteiger partial charge in [0.2, 0.25) is 0 Å². The molecule has 0 saturated carbocycles. The van der Waals surface area contributed by atoms with Crippen molar-refractivity contribution in [1.82, 2.24) is 5.32 Å². The summed E-state index contributed by atoms with van der Waals surface area (Å²) in [7, 11) is 1.37. The molecule has 7 nitrogen and oxygen atoms in total. The minimum absolute atomic E-state index is 0.157. The Kier molecular flexibility index (Phi) is 3.63. The molecule has 2 atom stereocenters. The van der Waals surface area contributed by atoms with Crippen LogP contribution in [0.4, 0.5) is 5.69 Å². The van der Waals surface area contributed by atoms with Crippen molar-refractivity contribution in [3.05, 3.63) is 28.3 Å². The molecule has 1 fully saturated rings. The van der Waals surface area contributed by atoms with E-state index < -0.39 is 17.1 Å². The molecular weight excluding hydrogens is 240 g/mol. The molecule has 0 aromatic heterocycles. The van der Waals surface area contributed by atoms with E-state index in [-0.39, 0.29) is 11.4 Å². The van der Waals surface area contributed by atoms with Crippen molar-refractivity contribution in [2.75, 3.05) is 20.2 Å². The quantitative estimate of drug-likeness (QED) is 0.593. The summed E-state index contributed by atoms with van der Waals surface area (Å²) in [4.78, 5) is 10.3. The van der Waals surface area contributed by atoms with Crippen LogP contribution in [0, 0.1) is 10.1 Å². The smallest absolute Gasteiger partial charge is 0.314 e. The van der Waals surface area contributed by atoms with Gasteiger partial charge in [0.25, 0.3) is 0 Å². The summed E-state index contributed by atoms with van der Waals surface area (Å²) >= 11 is 0. The molecule has 1 aliphatic rings. The van der Waals surface area contributed by atoms with Crippen molar-refractivity contribution in [3.8, 4) is 11.5 Å². The molecule has 0 bridgehead atoms. The van der Waals surface area contributed by atoms with E-state index in [9.17, 15) is 15.2 Å². The van der Waals surface area contributed by atoms with E-state index >= 15 is 0 Å². The number of nitrogens with one attached hydrogen (secondary N) is 1. The molecule has 1 aromatic carbocycles. The van der Waals surface area contributed by atoms with Gasteiger partial charge in [0, 0.05) is 13.1 Å². The first kappa shape index (κ1) is 12.6. The molecule has 2 N–H and O–H groups in total. The second kappa shape index (κ2) is 5.19. The maximum Gasteiger partial charge on any atom is 0.314 e. The fraction of sp³-hybridized carbons (Fsp3) is 0.455. The molecule has 1 aromatic rings. The third kappa shape index (κ3) is 2.52. The van der Waals surface area contributed by atoms with E-state index in [2.05, 4.69) is 5.32 Å². The number of aliphatic hydroxyl groups is 1. The topological polar surface area (TPSA) is 93.9 Å². The van der Waals surface area contributed by atoms with E-state index in [0.29, 0.717) is 18.8 Å². The van der Waals surface area contributed by atoms with Crippen LogP contribution < -0.4 is 14.8 Å². The predicted octanol–water partition coefficient (Wildman–Crippen LogP) is 0.315. The van der Waals surface area contributed by atoms with Crippen LogP contribution in [0.1, 0.15) is 0 Å². The number of nitro benzene ring substituents is 1. The van der Waals surface area contributed by atoms with Crippen molar-refractivity contribution in [2.24, 2.45) is 0 Å². The largest absolute Gasteiger partial charge is 0.490 e. The van der Waals surface area contributed by atoms with Crippen molar-refractivity contribution in [2.45, 2.75) is 12.2 Å². The van der Waals surface area contributed by atoms with Crippen LogP contribution >= 0.6 is 0 Å². The van der Waals surface area contributed by atoms with Crippen molar-refractivity contribution < 1.29 is 19.5 Å². The second-order valence-corrected chi connectivity index (χ2v) is 3.97. The van der Waals surface area contributed by atoms with Gasteiger partial charge >= 0.3 is 5.69 Å². The lowest BCUT2D eigenvalue weighted by molar-refractivity contribution is -0.385. The molecular formula is C11H14N2O5. The highest BCUT2D eigenvalue weighted by Crippen LogP contribution is 2.31.